The zero-order chi connectivity index (χ0) is 45.3. The van der Waals surface area contributed by atoms with E-state index in [-0.39, 0.29) is 0 Å². The molecule has 0 N–H and O–H groups in total. The molecule has 2 heterocycles. The average molecular weight is 880 g/mol. The predicted molar refractivity (Wildman–Crippen MR) is 279 cm³/mol. The molecule has 69 heavy (non-hydrogen) atoms. The molecule has 0 fully saturated rings. The lowest BCUT2D eigenvalue weighted by Crippen LogP contribution is -2.32. The predicted octanol–water partition coefficient (Wildman–Crippen LogP) is 16.9. The molecule has 0 amide bonds. The fraction of sp³-hybridized carbons (Fsp3) is 0.0303. The smallest absolute Gasteiger partial charge is 0.132 e. The molecular formula is C66H41NO2. The molecule has 4 aliphatic rings. The standard InChI is InChI=1S/C66H41NO2/c1-2-16-42(17-3-1)43-30-32-46(33-31-43)67(48-34-36-50-49-20-6-7-21-53(49)65(60(50)41-48)55-22-8-12-26-61(55)68-62-27-13-9-23-56(62)65)47-35-37-54-52(40-47)51-38-44-18-4-5-19-45(44)39-59(51)66(54)57-24-10-14-28-63(57)69-64-29-15-11-25-58(64)66/h1-41H. The molecule has 0 aromatic heterocycles. The Morgan fingerprint density at radius 1 is 0.246 bits per heavy atom. The van der Waals surface area contributed by atoms with Crippen LogP contribution in [-0.2, 0) is 10.8 Å². The number of nitrogens with zero attached hydrogens (tertiary/aromatic N) is 1. The molecule has 2 spiro atoms. The lowest BCUT2D eigenvalue weighted by atomic mass is 9.66. The van der Waals surface area contributed by atoms with Gasteiger partial charge in [0.15, 0.2) is 0 Å². The number of fused-ring (bicyclic) bond motifs is 19. The van der Waals surface area contributed by atoms with Gasteiger partial charge < -0.3 is 14.4 Å². The molecule has 0 atom stereocenters. The monoisotopic (exact) mass is 879 g/mol. The molecule has 11 aromatic rings. The first-order valence-corrected chi connectivity index (χ1v) is 23.8. The molecule has 11 aromatic carbocycles. The summed E-state index contributed by atoms with van der Waals surface area (Å²) in [6.45, 7) is 0. The van der Waals surface area contributed by atoms with Crippen molar-refractivity contribution in [2.75, 3.05) is 4.90 Å². The third kappa shape index (κ3) is 5.16. The van der Waals surface area contributed by atoms with Gasteiger partial charge in [-0.15, -0.1) is 0 Å². The summed E-state index contributed by atoms with van der Waals surface area (Å²) in [7, 11) is 0. The molecule has 0 unspecified atom stereocenters. The number of hydrogen-bond acceptors (Lipinski definition) is 3. The third-order valence-electron chi connectivity index (χ3n) is 15.4. The van der Waals surface area contributed by atoms with Gasteiger partial charge in [-0.2, -0.15) is 0 Å². The quantitative estimate of drug-likeness (QED) is 0.176. The Morgan fingerprint density at radius 3 is 1.26 bits per heavy atom. The molecule has 3 heteroatoms. The molecule has 2 aliphatic heterocycles. The molecule has 0 radical (unpaired) electrons. The van der Waals surface area contributed by atoms with Crippen LogP contribution in [0.1, 0.15) is 44.5 Å². The molecule has 322 valence electrons. The van der Waals surface area contributed by atoms with Gasteiger partial charge in [0.25, 0.3) is 0 Å². The number of rotatable bonds is 4. The maximum absolute atomic E-state index is 6.74. The highest BCUT2D eigenvalue weighted by Gasteiger charge is 2.53. The van der Waals surface area contributed by atoms with Crippen molar-refractivity contribution in [3.05, 3.63) is 293 Å². The first-order valence-electron chi connectivity index (χ1n) is 23.8. The lowest BCUT2D eigenvalue weighted by Gasteiger charge is -2.40. The van der Waals surface area contributed by atoms with E-state index in [0.717, 1.165) is 62.3 Å². The van der Waals surface area contributed by atoms with E-state index >= 15 is 0 Å². The van der Waals surface area contributed by atoms with Gasteiger partial charge in [-0.05, 0) is 139 Å². The minimum absolute atomic E-state index is 0.601. The molecule has 0 bridgehead atoms. The van der Waals surface area contributed by atoms with Crippen LogP contribution in [0.5, 0.6) is 23.0 Å². The molecular weight excluding hydrogens is 839 g/mol. The summed E-state index contributed by atoms with van der Waals surface area (Å²) in [6.07, 6.45) is 0. The molecule has 3 nitrogen and oxygen atoms in total. The second-order valence-corrected chi connectivity index (χ2v) is 18.7. The van der Waals surface area contributed by atoms with Crippen molar-refractivity contribution in [3.8, 4) is 56.4 Å². The summed E-state index contributed by atoms with van der Waals surface area (Å²) < 4.78 is 13.5. The van der Waals surface area contributed by atoms with Gasteiger partial charge in [-0.25, -0.2) is 0 Å². The average Bonchev–Trinajstić information content (AvgIpc) is 3.85. The van der Waals surface area contributed by atoms with Crippen molar-refractivity contribution < 1.29 is 9.47 Å². The Bertz CT molecular complexity index is 3830. The number of para-hydroxylation sites is 4. The second kappa shape index (κ2) is 14.3. The van der Waals surface area contributed by atoms with Gasteiger partial charge in [-0.3, -0.25) is 0 Å². The van der Waals surface area contributed by atoms with Crippen LogP contribution < -0.4 is 14.4 Å². The molecule has 0 saturated carbocycles. The van der Waals surface area contributed by atoms with Crippen molar-refractivity contribution in [3.63, 3.8) is 0 Å². The topological polar surface area (TPSA) is 21.7 Å². The van der Waals surface area contributed by atoms with E-state index in [1.807, 2.05) is 0 Å². The van der Waals surface area contributed by atoms with E-state index in [1.165, 1.54) is 66.4 Å². The third-order valence-corrected chi connectivity index (χ3v) is 15.4. The van der Waals surface area contributed by atoms with E-state index in [1.54, 1.807) is 0 Å². The Morgan fingerprint density at radius 2 is 0.652 bits per heavy atom. The van der Waals surface area contributed by atoms with Crippen LogP contribution in [0.15, 0.2) is 249 Å². The SMILES string of the molecule is c1ccc(-c2ccc(N(c3ccc4c(c3)-c3cc5ccccc5cc3C43c4ccccc4Oc4ccccc43)c3ccc4c(c3)C3(c5ccccc5Oc5ccccc53)c3ccccc3-4)cc2)cc1. The van der Waals surface area contributed by atoms with E-state index < -0.39 is 10.8 Å². The Hall–Kier alpha value is -8.92. The van der Waals surface area contributed by atoms with E-state index in [2.05, 4.69) is 254 Å². The highest BCUT2D eigenvalue weighted by atomic mass is 16.5. The fourth-order valence-electron chi connectivity index (χ4n) is 12.6. The van der Waals surface area contributed by atoms with Gasteiger partial charge in [0.1, 0.15) is 23.0 Å². The van der Waals surface area contributed by atoms with Gasteiger partial charge in [0.05, 0.1) is 10.8 Å². The van der Waals surface area contributed by atoms with Crippen LogP contribution in [-0.4, -0.2) is 0 Å². The van der Waals surface area contributed by atoms with Gasteiger partial charge in [-0.1, -0.05) is 176 Å². The Balaban J connectivity index is 1.00. The summed E-state index contributed by atoms with van der Waals surface area (Å²) in [4.78, 5) is 2.46. The highest BCUT2D eigenvalue weighted by molar-refractivity contribution is 5.99. The van der Waals surface area contributed by atoms with Crippen molar-refractivity contribution >= 4 is 27.8 Å². The first kappa shape index (κ1) is 38.2. The Labute approximate surface area is 400 Å². The maximum Gasteiger partial charge on any atom is 0.132 e. The van der Waals surface area contributed by atoms with Crippen LogP contribution >= 0.6 is 0 Å². The maximum atomic E-state index is 6.74. The summed E-state index contributed by atoms with van der Waals surface area (Å²) in [5, 5.41) is 2.43. The van der Waals surface area contributed by atoms with Crippen LogP contribution in [0.2, 0.25) is 0 Å². The second-order valence-electron chi connectivity index (χ2n) is 18.7. The van der Waals surface area contributed by atoms with Crippen molar-refractivity contribution in [2.24, 2.45) is 0 Å². The zero-order valence-electron chi connectivity index (χ0n) is 37.4. The summed E-state index contributed by atoms with van der Waals surface area (Å²) >= 11 is 0. The minimum Gasteiger partial charge on any atom is -0.457 e. The Kier molecular flexibility index (Phi) is 7.92. The summed E-state index contributed by atoms with van der Waals surface area (Å²) in [5.41, 5.74) is 18.9. The number of hydrogen-bond donors (Lipinski definition) is 0. The van der Waals surface area contributed by atoms with Crippen molar-refractivity contribution in [1.82, 2.24) is 0 Å². The minimum atomic E-state index is -0.607. The van der Waals surface area contributed by atoms with Crippen LogP contribution in [0.4, 0.5) is 17.1 Å². The molecule has 2 aliphatic carbocycles. The van der Waals surface area contributed by atoms with Crippen LogP contribution in [0, 0.1) is 0 Å². The van der Waals surface area contributed by atoms with E-state index in [4.69, 9.17) is 9.47 Å². The van der Waals surface area contributed by atoms with Crippen molar-refractivity contribution in [2.45, 2.75) is 10.8 Å². The van der Waals surface area contributed by atoms with Crippen LogP contribution in [0.25, 0.3) is 44.2 Å². The normalized spacial score (nSPS) is 14.3. The van der Waals surface area contributed by atoms with Gasteiger partial charge >= 0.3 is 0 Å². The zero-order valence-corrected chi connectivity index (χ0v) is 37.4. The number of anilines is 3. The van der Waals surface area contributed by atoms with Gasteiger partial charge in [0, 0.05) is 39.3 Å². The van der Waals surface area contributed by atoms with E-state index in [0.29, 0.717) is 0 Å². The molecule has 15 rings (SSSR count). The van der Waals surface area contributed by atoms with Crippen molar-refractivity contribution in [1.29, 1.82) is 0 Å². The lowest BCUT2D eigenvalue weighted by molar-refractivity contribution is 0.436. The summed E-state index contributed by atoms with van der Waals surface area (Å²) in [6, 6.07) is 91.0. The van der Waals surface area contributed by atoms with Gasteiger partial charge in [0.2, 0.25) is 0 Å². The first-order chi connectivity index (χ1) is 34.2. The van der Waals surface area contributed by atoms with E-state index in [9.17, 15) is 0 Å². The highest BCUT2D eigenvalue weighted by Crippen LogP contribution is 2.65. The van der Waals surface area contributed by atoms with Crippen LogP contribution in [0.3, 0.4) is 0 Å². The summed E-state index contributed by atoms with van der Waals surface area (Å²) in [5.74, 6) is 3.54. The number of ether oxygens (including phenoxy) is 2. The number of benzene rings is 11. The molecule has 0 saturated heterocycles. The largest absolute Gasteiger partial charge is 0.457 e. The fourth-order valence-corrected chi connectivity index (χ4v) is 12.6.